The molecule has 0 amide bonds. The van der Waals surface area contributed by atoms with Crippen molar-refractivity contribution in [3.05, 3.63) is 66.0 Å². The smallest absolute Gasteiger partial charge is 0.416 e. The number of halogens is 3. The number of aryl methyl sites for hydroxylation is 1. The molecule has 0 bridgehead atoms. The first-order valence-corrected chi connectivity index (χ1v) is 10.9. The average molecular weight is 479 g/mol. The van der Waals surface area contributed by atoms with Crippen LogP contribution in [-0.2, 0) is 29.9 Å². The van der Waals surface area contributed by atoms with Gasteiger partial charge in [0, 0.05) is 12.6 Å². The average Bonchev–Trinajstić information content (AvgIpc) is 3.38. The van der Waals surface area contributed by atoms with E-state index in [-0.39, 0.29) is 29.0 Å². The fraction of sp³-hybridized carbons (Fsp3) is 0.150. The van der Waals surface area contributed by atoms with E-state index in [1.54, 1.807) is 13.1 Å². The molecule has 2 aromatic carbocycles. The molecule has 13 heteroatoms. The van der Waals surface area contributed by atoms with Crippen molar-refractivity contribution in [2.24, 2.45) is 12.2 Å². The van der Waals surface area contributed by atoms with E-state index >= 15 is 0 Å². The van der Waals surface area contributed by atoms with Gasteiger partial charge in [-0.05, 0) is 42.5 Å². The number of benzene rings is 2. The van der Waals surface area contributed by atoms with Gasteiger partial charge in [-0.15, -0.1) is 0 Å². The van der Waals surface area contributed by atoms with E-state index in [9.17, 15) is 21.6 Å². The third-order valence-corrected chi connectivity index (χ3v) is 5.61. The zero-order valence-electron chi connectivity index (χ0n) is 16.9. The topological polar surface area (TPSA) is 126 Å². The maximum atomic E-state index is 12.7. The van der Waals surface area contributed by atoms with E-state index in [1.165, 1.54) is 41.2 Å². The normalized spacial score (nSPS) is 12.2. The molecule has 2 heterocycles. The number of ether oxygens (including phenoxy) is 1. The molecule has 0 saturated carbocycles. The molecule has 9 nitrogen and oxygen atoms in total. The fourth-order valence-corrected chi connectivity index (χ4v) is 3.53. The molecule has 0 radical (unpaired) electrons. The van der Waals surface area contributed by atoms with Crippen LogP contribution in [0.3, 0.4) is 0 Å². The molecule has 172 valence electrons. The summed E-state index contributed by atoms with van der Waals surface area (Å²) >= 11 is 0. The lowest BCUT2D eigenvalue weighted by Crippen LogP contribution is -2.11. The summed E-state index contributed by atoms with van der Waals surface area (Å²) in [6, 6.07) is 10.0. The zero-order chi connectivity index (χ0) is 23.8. The highest BCUT2D eigenvalue weighted by Crippen LogP contribution is 2.31. The largest absolute Gasteiger partial charge is 0.487 e. The van der Waals surface area contributed by atoms with Crippen molar-refractivity contribution in [1.82, 2.24) is 19.9 Å². The van der Waals surface area contributed by atoms with Crippen molar-refractivity contribution in [3.63, 3.8) is 0 Å². The van der Waals surface area contributed by atoms with Crippen LogP contribution < -0.4 is 9.88 Å². The van der Waals surface area contributed by atoms with Gasteiger partial charge in [-0.3, -0.25) is 4.68 Å². The summed E-state index contributed by atoms with van der Waals surface area (Å²) in [5, 5.41) is 13.2. The summed E-state index contributed by atoms with van der Waals surface area (Å²) in [7, 11) is -2.25. The predicted octanol–water partition coefficient (Wildman–Crippen LogP) is 3.38. The molecule has 0 aliphatic heterocycles. The molecule has 0 unspecified atom stereocenters. The Morgan fingerprint density at radius 3 is 2.55 bits per heavy atom. The van der Waals surface area contributed by atoms with Crippen LogP contribution in [0, 0.1) is 0 Å². The number of hydrogen-bond acceptors (Lipinski definition) is 7. The highest BCUT2D eigenvalue weighted by atomic mass is 32.2. The predicted molar refractivity (Wildman–Crippen MR) is 109 cm³/mol. The van der Waals surface area contributed by atoms with E-state index in [0.29, 0.717) is 16.8 Å². The van der Waals surface area contributed by atoms with Gasteiger partial charge in [-0.25, -0.2) is 13.6 Å². The molecule has 0 aliphatic carbocycles. The number of rotatable bonds is 6. The SMILES string of the molecule is Cn1ncc(-c2noc(-c3cccc(S(N)(=O)=O)c3)n2)c1COc1ccc(C(F)(F)F)cc1. The monoisotopic (exact) mass is 479 g/mol. The first-order chi connectivity index (χ1) is 15.5. The first kappa shape index (κ1) is 22.5. The Kier molecular flexibility index (Phi) is 5.68. The van der Waals surface area contributed by atoms with E-state index < -0.39 is 21.8 Å². The van der Waals surface area contributed by atoms with Gasteiger partial charge >= 0.3 is 6.18 Å². The maximum Gasteiger partial charge on any atom is 0.416 e. The lowest BCUT2D eigenvalue weighted by molar-refractivity contribution is -0.137. The highest BCUT2D eigenvalue weighted by Gasteiger charge is 2.30. The second-order valence-corrected chi connectivity index (χ2v) is 8.50. The summed E-state index contributed by atoms with van der Waals surface area (Å²) in [5.41, 5.74) is 0.594. The fourth-order valence-electron chi connectivity index (χ4n) is 2.97. The van der Waals surface area contributed by atoms with Crippen LogP contribution in [0.2, 0.25) is 0 Å². The summed E-state index contributed by atoms with van der Waals surface area (Å²) in [6.07, 6.45) is -2.95. The Morgan fingerprint density at radius 2 is 1.88 bits per heavy atom. The van der Waals surface area contributed by atoms with Crippen molar-refractivity contribution in [3.8, 4) is 28.6 Å². The molecule has 2 aromatic heterocycles. The first-order valence-electron chi connectivity index (χ1n) is 9.30. The van der Waals surface area contributed by atoms with Gasteiger partial charge in [-0.1, -0.05) is 11.2 Å². The van der Waals surface area contributed by atoms with Crippen molar-refractivity contribution in [2.45, 2.75) is 17.7 Å². The molecule has 4 aromatic rings. The number of sulfonamides is 1. The number of nitrogens with two attached hydrogens (primary N) is 1. The molecule has 33 heavy (non-hydrogen) atoms. The Bertz CT molecular complexity index is 1400. The Morgan fingerprint density at radius 1 is 1.15 bits per heavy atom. The van der Waals surface area contributed by atoms with Gasteiger partial charge in [0.1, 0.15) is 12.4 Å². The maximum absolute atomic E-state index is 12.7. The minimum atomic E-state index is -4.43. The summed E-state index contributed by atoms with van der Waals surface area (Å²) in [5.74, 6) is 0.475. The molecule has 0 spiro atoms. The van der Waals surface area contributed by atoms with E-state index in [4.69, 9.17) is 14.4 Å². The van der Waals surface area contributed by atoms with E-state index in [2.05, 4.69) is 15.2 Å². The van der Waals surface area contributed by atoms with Gasteiger partial charge in [0.05, 0.1) is 27.9 Å². The number of aromatic nitrogens is 4. The van der Waals surface area contributed by atoms with Gasteiger partial charge in [0.2, 0.25) is 15.8 Å². The van der Waals surface area contributed by atoms with Crippen LogP contribution in [0.5, 0.6) is 5.75 Å². The van der Waals surface area contributed by atoms with Gasteiger partial charge in [0.25, 0.3) is 5.89 Å². The van der Waals surface area contributed by atoms with Gasteiger partial charge < -0.3 is 9.26 Å². The molecular weight excluding hydrogens is 463 g/mol. The van der Waals surface area contributed by atoms with Crippen LogP contribution in [0.25, 0.3) is 22.8 Å². The lowest BCUT2D eigenvalue weighted by Gasteiger charge is -2.10. The minimum Gasteiger partial charge on any atom is -0.487 e. The third kappa shape index (κ3) is 4.88. The molecule has 2 N–H and O–H groups in total. The lowest BCUT2D eigenvalue weighted by atomic mass is 10.2. The third-order valence-electron chi connectivity index (χ3n) is 4.70. The minimum absolute atomic E-state index is 0.0258. The number of nitrogens with zero attached hydrogens (tertiary/aromatic N) is 4. The molecule has 0 saturated heterocycles. The zero-order valence-corrected chi connectivity index (χ0v) is 17.8. The van der Waals surface area contributed by atoms with Crippen LogP contribution >= 0.6 is 0 Å². The number of primary sulfonamides is 1. The Labute approximate surface area is 185 Å². The second-order valence-electron chi connectivity index (χ2n) is 6.94. The highest BCUT2D eigenvalue weighted by molar-refractivity contribution is 7.89. The van der Waals surface area contributed by atoms with Crippen LogP contribution in [0.15, 0.2) is 64.1 Å². The van der Waals surface area contributed by atoms with E-state index in [0.717, 1.165) is 12.1 Å². The number of hydrogen-bond donors (Lipinski definition) is 1. The second kappa shape index (κ2) is 8.33. The number of alkyl halides is 3. The van der Waals surface area contributed by atoms with E-state index in [1.807, 2.05) is 0 Å². The van der Waals surface area contributed by atoms with Gasteiger partial charge in [-0.2, -0.15) is 23.3 Å². The Hall–Kier alpha value is -3.71. The summed E-state index contributed by atoms with van der Waals surface area (Å²) in [4.78, 5) is 4.19. The van der Waals surface area contributed by atoms with Crippen molar-refractivity contribution in [2.75, 3.05) is 0 Å². The molecule has 0 fully saturated rings. The van der Waals surface area contributed by atoms with Gasteiger partial charge in [0.15, 0.2) is 0 Å². The Balaban J connectivity index is 1.56. The van der Waals surface area contributed by atoms with Crippen molar-refractivity contribution >= 4 is 10.0 Å². The van der Waals surface area contributed by atoms with Crippen molar-refractivity contribution in [1.29, 1.82) is 0 Å². The molecular formula is C20H16F3N5O4S. The van der Waals surface area contributed by atoms with Crippen molar-refractivity contribution < 1.29 is 30.8 Å². The summed E-state index contributed by atoms with van der Waals surface area (Å²) < 4.78 is 73.7. The molecule has 0 atom stereocenters. The molecule has 4 rings (SSSR count). The quantitative estimate of drug-likeness (QED) is 0.449. The summed E-state index contributed by atoms with van der Waals surface area (Å²) in [6.45, 7) is -0.0258. The van der Waals surface area contributed by atoms with Crippen LogP contribution in [0.1, 0.15) is 11.3 Å². The van der Waals surface area contributed by atoms with Crippen LogP contribution in [0.4, 0.5) is 13.2 Å². The standard InChI is InChI=1S/C20H16F3N5O4S/c1-28-17(11-31-14-7-5-13(6-8-14)20(21,22)23)16(10-25-28)18-26-19(32-27-18)12-3-2-4-15(9-12)33(24,29)30/h2-10H,11H2,1H3,(H2,24,29,30). The van der Waals surface area contributed by atoms with Crippen LogP contribution in [-0.4, -0.2) is 28.3 Å². The molecule has 0 aliphatic rings.